The van der Waals surface area contributed by atoms with Gasteiger partial charge in [0.25, 0.3) is 11.6 Å². The maximum atomic E-state index is 13.0. The summed E-state index contributed by atoms with van der Waals surface area (Å²) in [5.41, 5.74) is 0.607. The highest BCUT2D eigenvalue weighted by molar-refractivity contribution is 7.80. The van der Waals surface area contributed by atoms with Gasteiger partial charge in [-0.05, 0) is 55.5 Å². The average Bonchev–Trinajstić information content (AvgIpc) is 2.79. The fraction of sp³-hybridized carbons (Fsp3) is 0.286. The second-order valence-corrected chi connectivity index (χ2v) is 7.31. The molecule has 1 aliphatic heterocycles. The fourth-order valence-electron chi connectivity index (χ4n) is 3.28. The Morgan fingerprint density at radius 3 is 2.34 bits per heavy atom. The molecule has 0 unspecified atom stereocenters. The molecule has 1 saturated heterocycles. The Bertz CT molecular complexity index is 1040. The lowest BCUT2D eigenvalue weighted by molar-refractivity contribution is -0.384. The predicted molar refractivity (Wildman–Crippen MR) is 119 cm³/mol. The zero-order valence-electron chi connectivity index (χ0n) is 17.2. The Hall–Kier alpha value is -3.60. The summed E-state index contributed by atoms with van der Waals surface area (Å²) in [4.78, 5) is 38.8. The molecule has 168 valence electrons. The van der Waals surface area contributed by atoms with Crippen LogP contribution in [0.4, 0.5) is 15.8 Å². The van der Waals surface area contributed by atoms with Crippen LogP contribution in [0.15, 0.2) is 42.5 Å². The van der Waals surface area contributed by atoms with E-state index < -0.39 is 22.6 Å². The molecule has 0 bridgehead atoms. The molecule has 9 nitrogen and oxygen atoms in total. The number of benzene rings is 2. The van der Waals surface area contributed by atoms with Gasteiger partial charge in [-0.1, -0.05) is 0 Å². The number of nitrogens with one attached hydrogen (secondary N) is 1. The lowest BCUT2D eigenvalue weighted by Crippen LogP contribution is -2.52. The number of nitro groups is 1. The molecule has 3 rings (SSSR count). The van der Waals surface area contributed by atoms with Gasteiger partial charge < -0.3 is 14.5 Å². The smallest absolute Gasteiger partial charge is 0.338 e. The van der Waals surface area contributed by atoms with Crippen LogP contribution in [-0.2, 0) is 4.74 Å². The van der Waals surface area contributed by atoms with Crippen molar-refractivity contribution in [3.05, 3.63) is 69.5 Å². The fourth-order valence-corrected chi connectivity index (χ4v) is 3.55. The molecular weight excluding hydrogens is 439 g/mol. The van der Waals surface area contributed by atoms with Crippen molar-refractivity contribution < 1.29 is 23.6 Å². The van der Waals surface area contributed by atoms with Crippen molar-refractivity contribution in [1.29, 1.82) is 0 Å². The highest BCUT2D eigenvalue weighted by atomic mass is 32.1. The van der Waals surface area contributed by atoms with Crippen LogP contribution in [0.25, 0.3) is 0 Å². The molecule has 0 spiro atoms. The number of piperazine rings is 1. The van der Waals surface area contributed by atoms with E-state index in [1.807, 2.05) is 4.90 Å². The quantitative estimate of drug-likeness (QED) is 0.314. The summed E-state index contributed by atoms with van der Waals surface area (Å²) >= 11 is 5.31. The van der Waals surface area contributed by atoms with Gasteiger partial charge in [-0.25, -0.2) is 9.18 Å². The van der Waals surface area contributed by atoms with Gasteiger partial charge in [0.1, 0.15) is 11.5 Å². The minimum Gasteiger partial charge on any atom is -0.462 e. The monoisotopic (exact) mass is 460 g/mol. The van der Waals surface area contributed by atoms with E-state index >= 15 is 0 Å². The van der Waals surface area contributed by atoms with Crippen molar-refractivity contribution in [2.24, 2.45) is 0 Å². The number of carbonyl (C=O) groups is 2. The third-order valence-corrected chi connectivity index (χ3v) is 5.28. The number of esters is 1. The molecule has 0 aromatic heterocycles. The van der Waals surface area contributed by atoms with Crippen molar-refractivity contribution in [3.63, 3.8) is 0 Å². The van der Waals surface area contributed by atoms with Crippen molar-refractivity contribution in [2.45, 2.75) is 6.92 Å². The number of carbonyl (C=O) groups excluding carboxylic acids is 2. The average molecular weight is 460 g/mol. The van der Waals surface area contributed by atoms with E-state index in [9.17, 15) is 24.1 Å². The van der Waals surface area contributed by atoms with Crippen LogP contribution in [0.3, 0.4) is 0 Å². The highest BCUT2D eigenvalue weighted by Crippen LogP contribution is 2.30. The Kier molecular flexibility index (Phi) is 7.31. The van der Waals surface area contributed by atoms with Gasteiger partial charge in [-0.15, -0.1) is 0 Å². The maximum absolute atomic E-state index is 13.0. The number of hydrogen-bond donors (Lipinski definition) is 1. The molecule has 1 N–H and O–H groups in total. The largest absolute Gasteiger partial charge is 0.462 e. The van der Waals surface area contributed by atoms with E-state index in [4.69, 9.17) is 17.0 Å². The van der Waals surface area contributed by atoms with Gasteiger partial charge in [0.05, 0.1) is 17.1 Å². The Morgan fingerprint density at radius 1 is 1.12 bits per heavy atom. The molecule has 0 saturated carbocycles. The number of nitrogens with zero attached hydrogens (tertiary/aromatic N) is 3. The molecule has 1 aliphatic rings. The van der Waals surface area contributed by atoms with Gasteiger partial charge in [-0.2, -0.15) is 0 Å². The number of nitro benzene ring substituents is 1. The molecule has 0 aliphatic carbocycles. The summed E-state index contributed by atoms with van der Waals surface area (Å²) < 4.78 is 17.9. The van der Waals surface area contributed by atoms with Gasteiger partial charge in [-0.3, -0.25) is 20.2 Å². The minimum absolute atomic E-state index is 0.116. The van der Waals surface area contributed by atoms with E-state index in [1.165, 1.54) is 42.5 Å². The number of thiocarbonyl (C=S) groups is 1. The predicted octanol–water partition coefficient (Wildman–Crippen LogP) is 2.75. The number of halogens is 1. The van der Waals surface area contributed by atoms with Crippen LogP contribution >= 0.6 is 12.2 Å². The van der Waals surface area contributed by atoms with E-state index in [0.717, 1.165) is 0 Å². The summed E-state index contributed by atoms with van der Waals surface area (Å²) in [5, 5.41) is 14.4. The van der Waals surface area contributed by atoms with E-state index in [-0.39, 0.29) is 28.5 Å². The third-order valence-electron chi connectivity index (χ3n) is 4.92. The molecule has 2 aromatic rings. The highest BCUT2D eigenvalue weighted by Gasteiger charge is 2.26. The summed E-state index contributed by atoms with van der Waals surface area (Å²) in [6, 6.07) is 9.37. The van der Waals surface area contributed by atoms with Gasteiger partial charge in [0.2, 0.25) is 0 Å². The first-order valence-electron chi connectivity index (χ1n) is 9.86. The van der Waals surface area contributed by atoms with Crippen LogP contribution in [0.5, 0.6) is 0 Å². The van der Waals surface area contributed by atoms with Crippen molar-refractivity contribution in [1.82, 2.24) is 10.2 Å². The number of ether oxygens (including phenoxy) is 1. The zero-order chi connectivity index (χ0) is 23.3. The molecule has 2 aromatic carbocycles. The van der Waals surface area contributed by atoms with Gasteiger partial charge in [0.15, 0.2) is 5.11 Å². The van der Waals surface area contributed by atoms with E-state index in [1.54, 1.807) is 11.8 Å². The van der Waals surface area contributed by atoms with Crippen LogP contribution < -0.4 is 10.2 Å². The number of hydrogen-bond acceptors (Lipinski definition) is 7. The number of amides is 1. The first kappa shape index (κ1) is 23.1. The van der Waals surface area contributed by atoms with Gasteiger partial charge >= 0.3 is 5.97 Å². The van der Waals surface area contributed by atoms with Crippen molar-refractivity contribution in [3.8, 4) is 0 Å². The minimum atomic E-state index is -0.616. The number of anilines is 1. The summed E-state index contributed by atoms with van der Waals surface area (Å²) in [5.74, 6) is -1.50. The molecule has 11 heteroatoms. The van der Waals surface area contributed by atoms with Gasteiger partial charge in [0, 0.05) is 37.8 Å². The third kappa shape index (κ3) is 5.35. The Balaban J connectivity index is 1.64. The van der Waals surface area contributed by atoms with Crippen LogP contribution in [0, 0.1) is 15.9 Å². The lowest BCUT2D eigenvalue weighted by atomic mass is 10.1. The molecule has 0 radical (unpaired) electrons. The van der Waals surface area contributed by atoms with E-state index in [2.05, 4.69) is 5.32 Å². The normalized spacial score (nSPS) is 13.4. The Morgan fingerprint density at radius 2 is 1.75 bits per heavy atom. The second kappa shape index (κ2) is 10.1. The van der Waals surface area contributed by atoms with Crippen LogP contribution in [-0.4, -0.2) is 59.6 Å². The second-order valence-electron chi connectivity index (χ2n) is 6.92. The molecule has 0 atom stereocenters. The first-order chi connectivity index (χ1) is 15.3. The summed E-state index contributed by atoms with van der Waals surface area (Å²) in [6.45, 7) is 3.54. The summed E-state index contributed by atoms with van der Waals surface area (Å²) in [7, 11) is 0. The van der Waals surface area contributed by atoms with Crippen LogP contribution in [0.2, 0.25) is 0 Å². The number of rotatable bonds is 5. The van der Waals surface area contributed by atoms with E-state index in [0.29, 0.717) is 31.9 Å². The topological polar surface area (TPSA) is 105 Å². The SMILES string of the molecule is CCOC(=O)c1ccc(N2CCN(C(=S)NC(=O)c3ccc(F)cc3)CC2)c([N+](=O)[O-])c1. The van der Waals surface area contributed by atoms with Crippen molar-refractivity contribution in [2.75, 3.05) is 37.7 Å². The Labute approximate surface area is 188 Å². The lowest BCUT2D eigenvalue weighted by Gasteiger charge is -2.37. The molecule has 32 heavy (non-hydrogen) atoms. The molecule has 1 amide bonds. The zero-order valence-corrected chi connectivity index (χ0v) is 18.1. The molecular formula is C21H21FN4O5S. The summed E-state index contributed by atoms with van der Waals surface area (Å²) in [6.07, 6.45) is 0. The van der Waals surface area contributed by atoms with Crippen molar-refractivity contribution >= 4 is 40.6 Å². The van der Waals surface area contributed by atoms with Crippen LogP contribution in [0.1, 0.15) is 27.6 Å². The standard InChI is InChI=1S/C21H21FN4O5S/c1-2-31-20(28)15-5-8-17(18(13-15)26(29)30)24-9-11-25(12-10-24)21(32)23-19(27)14-3-6-16(22)7-4-14/h3-8,13H,2,9-12H2,1H3,(H,23,27,32). The first-order valence-corrected chi connectivity index (χ1v) is 10.3. The molecule has 1 fully saturated rings. The molecule has 1 heterocycles. The maximum Gasteiger partial charge on any atom is 0.338 e.